The van der Waals surface area contributed by atoms with Gasteiger partial charge in [0.15, 0.2) is 5.82 Å². The first-order valence-electron chi connectivity index (χ1n) is 8.46. The van der Waals surface area contributed by atoms with Gasteiger partial charge in [-0.2, -0.15) is 0 Å². The van der Waals surface area contributed by atoms with E-state index >= 15 is 0 Å². The summed E-state index contributed by atoms with van der Waals surface area (Å²) in [6.45, 7) is 0. The Labute approximate surface area is 159 Å². The highest BCUT2D eigenvalue weighted by molar-refractivity contribution is 5.96. The highest BCUT2D eigenvalue weighted by Gasteiger charge is 2.16. The van der Waals surface area contributed by atoms with Crippen molar-refractivity contribution in [3.63, 3.8) is 0 Å². The fourth-order valence-corrected chi connectivity index (χ4v) is 3.07. The van der Waals surface area contributed by atoms with Gasteiger partial charge in [0, 0.05) is 42.8 Å². The number of imidazole rings is 1. The van der Waals surface area contributed by atoms with Crippen LogP contribution < -0.4 is 11.1 Å². The van der Waals surface area contributed by atoms with Gasteiger partial charge in [0.2, 0.25) is 0 Å². The summed E-state index contributed by atoms with van der Waals surface area (Å²) < 4.78 is 27.5. The van der Waals surface area contributed by atoms with E-state index in [1.165, 1.54) is 4.57 Å². The number of alkyl halides is 2. The van der Waals surface area contributed by atoms with E-state index in [-0.39, 0.29) is 5.82 Å². The molecule has 0 aliphatic carbocycles. The highest BCUT2D eigenvalue weighted by atomic mass is 19.3. The van der Waals surface area contributed by atoms with E-state index < -0.39 is 6.43 Å². The number of halogens is 2. The van der Waals surface area contributed by atoms with Crippen LogP contribution in [0.2, 0.25) is 0 Å². The number of rotatable bonds is 2. The normalized spacial score (nSPS) is 11.0. The summed E-state index contributed by atoms with van der Waals surface area (Å²) in [5, 5.41) is 4.66. The quantitative estimate of drug-likeness (QED) is 0.522. The first-order chi connectivity index (χ1) is 13.5. The van der Waals surface area contributed by atoms with Gasteiger partial charge in [-0.25, -0.2) is 23.7 Å². The minimum absolute atomic E-state index is 0.263. The number of hydrogen-bond acceptors (Lipinski definition) is 5. The van der Waals surface area contributed by atoms with Crippen LogP contribution in [0.15, 0.2) is 36.7 Å². The SMILES string of the molecule is CNc1ncc(C#Cc2ccc3nc(C(F)F)n(C)c3c2)c2cc(N)ncc12. The number of benzene rings is 1. The molecule has 28 heavy (non-hydrogen) atoms. The lowest BCUT2D eigenvalue weighted by Gasteiger charge is -2.06. The molecule has 140 valence electrons. The summed E-state index contributed by atoms with van der Waals surface area (Å²) in [6, 6.07) is 6.94. The smallest absolute Gasteiger partial charge is 0.295 e. The molecule has 3 N–H and O–H groups in total. The zero-order chi connectivity index (χ0) is 19.8. The van der Waals surface area contributed by atoms with Gasteiger partial charge in [-0.05, 0) is 24.3 Å². The second kappa shape index (κ2) is 6.78. The lowest BCUT2D eigenvalue weighted by molar-refractivity contribution is 0.137. The number of nitrogens with two attached hydrogens (primary N) is 1. The largest absolute Gasteiger partial charge is 0.384 e. The molecule has 0 fully saturated rings. The Hall–Kier alpha value is -3.73. The van der Waals surface area contributed by atoms with Crippen molar-refractivity contribution in [2.75, 3.05) is 18.1 Å². The molecule has 3 heterocycles. The number of anilines is 2. The Morgan fingerprint density at radius 2 is 1.93 bits per heavy atom. The molecule has 0 atom stereocenters. The van der Waals surface area contributed by atoms with Crippen molar-refractivity contribution >= 4 is 33.4 Å². The molecule has 0 saturated heterocycles. The fraction of sp³-hybridized carbons (Fsp3) is 0.150. The number of aromatic nitrogens is 4. The average Bonchev–Trinajstić information content (AvgIpc) is 3.02. The van der Waals surface area contributed by atoms with Crippen LogP contribution in [0.1, 0.15) is 23.4 Å². The van der Waals surface area contributed by atoms with E-state index in [1.807, 2.05) is 0 Å². The van der Waals surface area contributed by atoms with Gasteiger partial charge in [-0.1, -0.05) is 11.8 Å². The number of pyridine rings is 2. The lowest BCUT2D eigenvalue weighted by Crippen LogP contribution is -1.98. The van der Waals surface area contributed by atoms with Crippen molar-refractivity contribution < 1.29 is 8.78 Å². The maximum atomic E-state index is 13.0. The van der Waals surface area contributed by atoms with Crippen molar-refractivity contribution in [2.45, 2.75) is 6.43 Å². The number of fused-ring (bicyclic) bond motifs is 2. The van der Waals surface area contributed by atoms with E-state index in [9.17, 15) is 8.78 Å². The lowest BCUT2D eigenvalue weighted by atomic mass is 10.1. The molecule has 0 aliphatic heterocycles. The molecule has 0 radical (unpaired) electrons. The van der Waals surface area contributed by atoms with Gasteiger partial charge < -0.3 is 15.6 Å². The summed E-state index contributed by atoms with van der Waals surface area (Å²) in [6.07, 6.45) is 0.689. The minimum atomic E-state index is -2.63. The molecule has 0 unspecified atom stereocenters. The molecule has 8 heteroatoms. The second-order valence-electron chi connectivity index (χ2n) is 6.21. The zero-order valence-electron chi connectivity index (χ0n) is 15.2. The summed E-state index contributed by atoms with van der Waals surface area (Å²) in [7, 11) is 3.35. The Kier molecular flexibility index (Phi) is 4.28. The molecule has 1 aromatic carbocycles. The monoisotopic (exact) mass is 378 g/mol. The number of nitrogens with zero attached hydrogens (tertiary/aromatic N) is 4. The second-order valence-corrected chi connectivity index (χ2v) is 6.21. The van der Waals surface area contributed by atoms with Crippen LogP contribution in [0.3, 0.4) is 0 Å². The van der Waals surface area contributed by atoms with E-state index in [2.05, 4.69) is 32.1 Å². The van der Waals surface area contributed by atoms with E-state index in [1.54, 1.807) is 50.8 Å². The maximum Gasteiger partial charge on any atom is 0.295 e. The predicted octanol–water partition coefficient (Wildman–Crippen LogP) is 3.48. The molecule has 0 spiro atoms. The Morgan fingerprint density at radius 3 is 2.68 bits per heavy atom. The van der Waals surface area contributed by atoms with Crippen molar-refractivity contribution in [3.05, 3.63) is 53.6 Å². The summed E-state index contributed by atoms with van der Waals surface area (Å²) in [4.78, 5) is 12.4. The van der Waals surface area contributed by atoms with E-state index in [4.69, 9.17) is 5.73 Å². The van der Waals surface area contributed by atoms with Crippen molar-refractivity contribution in [3.8, 4) is 11.8 Å². The van der Waals surface area contributed by atoms with Gasteiger partial charge >= 0.3 is 0 Å². The molecule has 0 bridgehead atoms. The van der Waals surface area contributed by atoms with E-state index in [0.717, 1.165) is 10.8 Å². The third-order valence-electron chi connectivity index (χ3n) is 4.48. The van der Waals surface area contributed by atoms with Crippen LogP contribution in [0.4, 0.5) is 20.4 Å². The highest BCUT2D eigenvalue weighted by Crippen LogP contribution is 2.25. The van der Waals surface area contributed by atoms with Crippen LogP contribution in [0.5, 0.6) is 0 Å². The topological polar surface area (TPSA) is 81.7 Å². The number of aryl methyl sites for hydroxylation is 1. The van der Waals surface area contributed by atoms with Gasteiger partial charge in [-0.15, -0.1) is 0 Å². The van der Waals surface area contributed by atoms with Gasteiger partial charge in [0.25, 0.3) is 6.43 Å². The molecular formula is C20H16F2N6. The Morgan fingerprint density at radius 1 is 1.11 bits per heavy atom. The number of nitrogen functional groups attached to an aromatic ring is 1. The number of hydrogen-bond donors (Lipinski definition) is 2. The van der Waals surface area contributed by atoms with Gasteiger partial charge in [0.05, 0.1) is 16.6 Å². The predicted molar refractivity (Wildman–Crippen MR) is 105 cm³/mol. The van der Waals surface area contributed by atoms with Gasteiger partial charge in [-0.3, -0.25) is 0 Å². The molecule has 0 aliphatic rings. The third kappa shape index (κ3) is 2.97. The third-order valence-corrected chi connectivity index (χ3v) is 4.48. The molecule has 4 aromatic rings. The number of nitrogens with one attached hydrogen (secondary N) is 1. The van der Waals surface area contributed by atoms with Crippen LogP contribution >= 0.6 is 0 Å². The first kappa shape index (κ1) is 17.7. The summed E-state index contributed by atoms with van der Waals surface area (Å²) in [5.74, 6) is 6.97. The standard InChI is InChI=1S/C20H16F2N6/c1-24-19-14-10-25-17(23)8-13(14)12(9-26-19)5-3-11-4-6-15-16(7-11)28(2)20(27-15)18(21)22/h4,6-10,18H,1-2H3,(H2,23,25)(H,24,26). The Balaban J connectivity index is 1.81. The molecule has 6 nitrogen and oxygen atoms in total. The van der Waals surface area contributed by atoms with Crippen molar-refractivity contribution in [1.82, 2.24) is 19.5 Å². The maximum absolute atomic E-state index is 13.0. The zero-order valence-corrected chi connectivity index (χ0v) is 15.2. The Bertz CT molecular complexity index is 1270. The fourth-order valence-electron chi connectivity index (χ4n) is 3.07. The molecular weight excluding hydrogens is 362 g/mol. The molecule has 3 aromatic heterocycles. The molecule has 0 saturated carbocycles. The average molecular weight is 378 g/mol. The molecule has 4 rings (SSSR count). The van der Waals surface area contributed by atoms with Crippen LogP contribution in [0, 0.1) is 11.8 Å². The van der Waals surface area contributed by atoms with E-state index in [0.29, 0.717) is 33.8 Å². The van der Waals surface area contributed by atoms with Crippen molar-refractivity contribution in [1.29, 1.82) is 0 Å². The summed E-state index contributed by atoms with van der Waals surface area (Å²) >= 11 is 0. The van der Waals surface area contributed by atoms with Crippen LogP contribution in [-0.4, -0.2) is 26.6 Å². The minimum Gasteiger partial charge on any atom is -0.384 e. The van der Waals surface area contributed by atoms with Crippen LogP contribution in [-0.2, 0) is 7.05 Å². The van der Waals surface area contributed by atoms with Gasteiger partial charge in [0.1, 0.15) is 11.6 Å². The van der Waals surface area contributed by atoms with Crippen molar-refractivity contribution in [2.24, 2.45) is 7.05 Å². The molecule has 0 amide bonds. The first-order valence-corrected chi connectivity index (χ1v) is 8.46. The summed E-state index contributed by atoms with van der Waals surface area (Å²) in [5.41, 5.74) is 8.31. The van der Waals surface area contributed by atoms with Crippen LogP contribution in [0.25, 0.3) is 21.8 Å².